The molecule has 0 saturated carbocycles. The second-order valence-corrected chi connectivity index (χ2v) is 5.96. The van der Waals surface area contributed by atoms with Gasteiger partial charge in [-0.3, -0.25) is 0 Å². The summed E-state index contributed by atoms with van der Waals surface area (Å²) >= 11 is 1.47. The number of rotatable bonds is 4. The third kappa shape index (κ3) is 3.09. The molecule has 0 atom stereocenters. The lowest BCUT2D eigenvalue weighted by molar-refractivity contribution is 0.597. The molecule has 0 spiro atoms. The van der Waals surface area contributed by atoms with Gasteiger partial charge < -0.3 is 5.73 Å². The van der Waals surface area contributed by atoms with Crippen LogP contribution in [0.2, 0.25) is 0 Å². The van der Waals surface area contributed by atoms with Crippen molar-refractivity contribution >= 4 is 22.5 Å². The lowest BCUT2D eigenvalue weighted by Gasteiger charge is -2.10. The van der Waals surface area contributed by atoms with Crippen molar-refractivity contribution in [1.82, 2.24) is 0 Å². The van der Waals surface area contributed by atoms with Crippen LogP contribution >= 0.6 is 11.8 Å². The molecule has 0 aliphatic rings. The van der Waals surface area contributed by atoms with Gasteiger partial charge in [0.25, 0.3) is 0 Å². The number of fused-ring (bicyclic) bond motifs is 1. The summed E-state index contributed by atoms with van der Waals surface area (Å²) in [6.45, 7) is 0.523. The third-order valence-corrected chi connectivity index (χ3v) is 4.55. The molecule has 0 saturated heterocycles. The van der Waals surface area contributed by atoms with Crippen molar-refractivity contribution in [2.75, 3.05) is 6.54 Å². The fraction of sp³-hybridized carbons (Fsp3) is 0.111. The van der Waals surface area contributed by atoms with Crippen LogP contribution < -0.4 is 5.73 Å². The number of hydrogen-bond donors (Lipinski definition) is 1. The maximum atomic E-state index is 14.1. The number of nitrogens with two attached hydrogens (primary N) is 1. The van der Waals surface area contributed by atoms with Crippen molar-refractivity contribution in [3.63, 3.8) is 0 Å². The Morgan fingerprint density at radius 1 is 0.905 bits per heavy atom. The van der Waals surface area contributed by atoms with Gasteiger partial charge in [-0.15, -0.1) is 0 Å². The first-order chi connectivity index (χ1) is 10.3. The Morgan fingerprint density at radius 2 is 1.71 bits per heavy atom. The van der Waals surface area contributed by atoms with Crippen LogP contribution in [-0.4, -0.2) is 6.54 Å². The fourth-order valence-corrected chi connectivity index (χ4v) is 3.39. The van der Waals surface area contributed by atoms with Gasteiger partial charge in [0.15, 0.2) is 0 Å². The monoisotopic (exact) mass is 297 g/mol. The Labute approximate surface area is 128 Å². The minimum Gasteiger partial charge on any atom is -0.330 e. The van der Waals surface area contributed by atoms with Crippen molar-refractivity contribution in [1.29, 1.82) is 0 Å². The van der Waals surface area contributed by atoms with E-state index in [1.54, 1.807) is 6.07 Å². The van der Waals surface area contributed by atoms with Crippen LogP contribution in [0.1, 0.15) is 5.56 Å². The van der Waals surface area contributed by atoms with Crippen LogP contribution in [-0.2, 0) is 6.42 Å². The SMILES string of the molecule is NCCc1cccc(F)c1Sc1ccc2ccccc2c1. The second-order valence-electron chi connectivity index (χ2n) is 4.88. The Kier molecular flexibility index (Phi) is 4.23. The lowest BCUT2D eigenvalue weighted by atomic mass is 10.1. The third-order valence-electron chi connectivity index (χ3n) is 3.40. The smallest absolute Gasteiger partial charge is 0.137 e. The summed E-state index contributed by atoms with van der Waals surface area (Å²) in [6.07, 6.45) is 0.688. The van der Waals surface area contributed by atoms with E-state index in [0.717, 1.165) is 10.5 Å². The minimum absolute atomic E-state index is 0.181. The van der Waals surface area contributed by atoms with E-state index in [2.05, 4.69) is 24.3 Å². The zero-order valence-electron chi connectivity index (χ0n) is 11.6. The molecule has 3 rings (SSSR count). The minimum atomic E-state index is -0.181. The zero-order chi connectivity index (χ0) is 14.7. The molecular formula is C18H16FNS. The van der Waals surface area contributed by atoms with Crippen molar-refractivity contribution in [3.8, 4) is 0 Å². The topological polar surface area (TPSA) is 26.0 Å². The van der Waals surface area contributed by atoms with Gasteiger partial charge in [-0.05, 0) is 47.5 Å². The molecule has 0 amide bonds. The number of halogens is 1. The van der Waals surface area contributed by atoms with Crippen molar-refractivity contribution < 1.29 is 4.39 Å². The van der Waals surface area contributed by atoms with Gasteiger partial charge >= 0.3 is 0 Å². The van der Waals surface area contributed by atoms with Gasteiger partial charge in [-0.25, -0.2) is 4.39 Å². The molecule has 1 nitrogen and oxygen atoms in total. The first-order valence-electron chi connectivity index (χ1n) is 6.92. The molecule has 3 aromatic carbocycles. The van der Waals surface area contributed by atoms with Crippen LogP contribution in [0, 0.1) is 5.82 Å². The molecule has 0 radical (unpaired) electrons. The Bertz CT molecular complexity index is 770. The molecule has 0 aromatic heterocycles. The molecule has 0 heterocycles. The average Bonchev–Trinajstić information content (AvgIpc) is 2.51. The van der Waals surface area contributed by atoms with E-state index >= 15 is 0 Å². The summed E-state index contributed by atoms with van der Waals surface area (Å²) in [5.41, 5.74) is 6.58. The van der Waals surface area contributed by atoms with Crippen LogP contribution in [0.3, 0.4) is 0 Å². The molecule has 0 unspecified atom stereocenters. The quantitative estimate of drug-likeness (QED) is 0.759. The predicted molar refractivity (Wildman–Crippen MR) is 87.2 cm³/mol. The van der Waals surface area contributed by atoms with E-state index in [0.29, 0.717) is 17.9 Å². The maximum Gasteiger partial charge on any atom is 0.137 e. The van der Waals surface area contributed by atoms with Gasteiger partial charge in [0.2, 0.25) is 0 Å². The lowest BCUT2D eigenvalue weighted by Crippen LogP contribution is -2.04. The maximum absolute atomic E-state index is 14.1. The standard InChI is InChI=1S/C18H16FNS/c19-17-7-3-6-14(10-11-20)18(17)21-16-9-8-13-4-1-2-5-15(13)12-16/h1-9,12H,10-11,20H2. The highest BCUT2D eigenvalue weighted by Crippen LogP contribution is 2.34. The van der Waals surface area contributed by atoms with Crippen LogP contribution in [0.5, 0.6) is 0 Å². The van der Waals surface area contributed by atoms with E-state index in [4.69, 9.17) is 5.73 Å². The summed E-state index contributed by atoms with van der Waals surface area (Å²) in [4.78, 5) is 1.72. The summed E-state index contributed by atoms with van der Waals surface area (Å²) in [5, 5.41) is 2.36. The Balaban J connectivity index is 1.98. The Morgan fingerprint density at radius 3 is 2.52 bits per heavy atom. The molecule has 21 heavy (non-hydrogen) atoms. The normalized spacial score (nSPS) is 11.0. The van der Waals surface area contributed by atoms with Crippen molar-refractivity contribution in [2.45, 2.75) is 16.2 Å². The summed E-state index contributed by atoms with van der Waals surface area (Å²) in [5.74, 6) is -0.181. The molecule has 2 N–H and O–H groups in total. The highest BCUT2D eigenvalue weighted by atomic mass is 32.2. The molecule has 0 aliphatic carbocycles. The van der Waals surface area contributed by atoms with Gasteiger partial charge in [0, 0.05) is 4.90 Å². The first-order valence-corrected chi connectivity index (χ1v) is 7.73. The van der Waals surface area contributed by atoms with Crippen LogP contribution in [0.25, 0.3) is 10.8 Å². The van der Waals surface area contributed by atoms with Crippen molar-refractivity contribution in [2.24, 2.45) is 5.73 Å². The van der Waals surface area contributed by atoms with E-state index in [9.17, 15) is 4.39 Å². The van der Waals surface area contributed by atoms with Gasteiger partial charge in [0.1, 0.15) is 5.82 Å². The highest BCUT2D eigenvalue weighted by Gasteiger charge is 2.10. The van der Waals surface area contributed by atoms with E-state index in [1.165, 1.54) is 28.6 Å². The van der Waals surface area contributed by atoms with Gasteiger partial charge in [0.05, 0.1) is 4.90 Å². The van der Waals surface area contributed by atoms with Crippen LogP contribution in [0.15, 0.2) is 70.5 Å². The molecule has 3 heteroatoms. The summed E-state index contributed by atoms with van der Waals surface area (Å²) in [6, 6.07) is 19.6. The molecular weight excluding hydrogens is 281 g/mol. The second kappa shape index (κ2) is 6.29. The molecule has 3 aromatic rings. The molecule has 106 valence electrons. The van der Waals surface area contributed by atoms with Gasteiger partial charge in [-0.2, -0.15) is 0 Å². The van der Waals surface area contributed by atoms with E-state index < -0.39 is 0 Å². The zero-order valence-corrected chi connectivity index (χ0v) is 12.4. The molecule has 0 aliphatic heterocycles. The summed E-state index contributed by atoms with van der Waals surface area (Å²) in [7, 11) is 0. The van der Waals surface area contributed by atoms with Gasteiger partial charge in [-0.1, -0.05) is 54.2 Å². The van der Waals surface area contributed by atoms with E-state index in [1.807, 2.05) is 24.3 Å². The largest absolute Gasteiger partial charge is 0.330 e. The Hall–Kier alpha value is -1.84. The van der Waals surface area contributed by atoms with Crippen molar-refractivity contribution in [3.05, 3.63) is 72.0 Å². The highest BCUT2D eigenvalue weighted by molar-refractivity contribution is 7.99. The summed E-state index contributed by atoms with van der Waals surface area (Å²) < 4.78 is 14.1. The number of hydrogen-bond acceptors (Lipinski definition) is 2. The molecule has 0 fully saturated rings. The fourth-order valence-electron chi connectivity index (χ4n) is 2.37. The predicted octanol–water partition coefficient (Wildman–Crippen LogP) is 4.63. The average molecular weight is 297 g/mol. The van der Waals surface area contributed by atoms with E-state index in [-0.39, 0.29) is 5.82 Å². The molecule has 0 bridgehead atoms. The first kappa shape index (κ1) is 14.1. The van der Waals surface area contributed by atoms with Crippen LogP contribution in [0.4, 0.5) is 4.39 Å². The number of benzene rings is 3.